The van der Waals surface area contributed by atoms with Crippen LogP contribution in [-0.2, 0) is 20.1 Å². The maximum absolute atomic E-state index is 13.4. The summed E-state index contributed by atoms with van der Waals surface area (Å²) in [6.07, 6.45) is 3.84. The maximum atomic E-state index is 13.4. The van der Waals surface area contributed by atoms with Crippen LogP contribution in [0, 0.1) is 24.9 Å². The number of para-hydroxylation sites is 1. The number of hydrogen-bond donors (Lipinski definition) is 0. The Morgan fingerprint density at radius 1 is 0.759 bits per heavy atom. The number of fused-ring (bicyclic) bond motifs is 6. The molecule has 0 N–H and O–H groups in total. The van der Waals surface area contributed by atoms with E-state index < -0.39 is 19.2 Å². The summed E-state index contributed by atoms with van der Waals surface area (Å²) in [6, 6.07) is 41.9. The van der Waals surface area contributed by atoms with Gasteiger partial charge in [0.2, 0.25) is 0 Å². The van der Waals surface area contributed by atoms with Crippen molar-refractivity contribution < 1.29 is 30.3 Å². The number of furan rings is 1. The van der Waals surface area contributed by atoms with Crippen LogP contribution in [0.15, 0.2) is 126 Å². The van der Waals surface area contributed by atoms with Gasteiger partial charge in [0.15, 0.2) is 0 Å². The van der Waals surface area contributed by atoms with Gasteiger partial charge in [-0.2, -0.15) is 11.3 Å². The van der Waals surface area contributed by atoms with E-state index in [4.69, 9.17) is 10.8 Å². The molecule has 0 aliphatic carbocycles. The fourth-order valence-electron chi connectivity index (χ4n) is 7.05. The zero-order valence-corrected chi connectivity index (χ0v) is 36.3. The van der Waals surface area contributed by atoms with E-state index in [1.165, 1.54) is 27.5 Å². The standard InChI is InChI=1S/C26H19FNS.C21H20GeNO.Ir/c1-16(2)18-13-14-28-24(15-18)23-8-4-7-22-21-6-3-5-20(25(21)29-26(22)23)17-9-11-19(27)12-10-17;1-14-12-19(23-13-18(14)22(2,3)4)17-10-7-9-16-15-8-5-6-11-20(15)24-21(16)17;/h3-7,9-16H,1-2H3;5-9,11-13H,1-4H3;/q2*-1;/i16D;;. The number of aromatic nitrogens is 2. The first-order valence-electron chi connectivity index (χ1n) is 18.2. The third-order valence-electron chi connectivity index (χ3n) is 9.72. The van der Waals surface area contributed by atoms with E-state index in [-0.39, 0.29) is 25.9 Å². The largest absolute Gasteiger partial charge is 0.305 e. The minimum Gasteiger partial charge on any atom is -0.305 e. The second-order valence-corrected chi connectivity index (χ2v) is 26.2. The van der Waals surface area contributed by atoms with E-state index in [0.717, 1.165) is 75.9 Å². The number of pyridine rings is 2. The molecule has 0 bridgehead atoms. The molecule has 9 aromatic rings. The normalized spacial score (nSPS) is 12.1. The summed E-state index contributed by atoms with van der Waals surface area (Å²) in [5.74, 6) is 6.27. The number of rotatable bonds is 5. The first kappa shape index (κ1) is 36.5. The zero-order chi connectivity index (χ0) is 37.8. The Hall–Kier alpha value is -4.46. The Labute approximate surface area is 337 Å². The molecule has 0 unspecified atom stereocenters. The molecule has 0 spiro atoms. The number of benzene rings is 5. The van der Waals surface area contributed by atoms with Crippen LogP contribution >= 0.6 is 11.3 Å². The van der Waals surface area contributed by atoms with Gasteiger partial charge in [-0.25, -0.2) is 4.39 Å². The van der Waals surface area contributed by atoms with Crippen molar-refractivity contribution in [2.75, 3.05) is 0 Å². The Morgan fingerprint density at radius 3 is 2.19 bits per heavy atom. The first-order chi connectivity index (χ1) is 25.9. The summed E-state index contributed by atoms with van der Waals surface area (Å²) in [5, 5.41) is 4.59. The van der Waals surface area contributed by atoms with E-state index in [1.807, 2.05) is 74.5 Å². The number of aryl methyl sites for hydroxylation is 1. The average molecular weight is 965 g/mol. The predicted molar refractivity (Wildman–Crippen MR) is 224 cm³/mol. The molecule has 0 saturated carbocycles. The summed E-state index contributed by atoms with van der Waals surface area (Å²) in [4.78, 5) is 9.34. The maximum Gasteiger partial charge on any atom is 0.123 e. The monoisotopic (exact) mass is 966 g/mol. The fraction of sp³-hybridized carbons (Fsp3) is 0.149. The second-order valence-electron chi connectivity index (χ2n) is 14.6. The Kier molecular flexibility index (Phi) is 10.4. The molecule has 0 aliphatic heterocycles. The minimum absolute atomic E-state index is 0. The summed E-state index contributed by atoms with van der Waals surface area (Å²) in [6.45, 7) is 5.95. The molecule has 4 heterocycles. The van der Waals surface area contributed by atoms with Crippen LogP contribution in [0.2, 0.25) is 17.3 Å². The van der Waals surface area contributed by atoms with Crippen molar-refractivity contribution in [2.45, 2.75) is 43.9 Å². The van der Waals surface area contributed by atoms with Crippen LogP contribution < -0.4 is 4.40 Å². The molecule has 7 heteroatoms. The van der Waals surface area contributed by atoms with Crippen LogP contribution in [0.4, 0.5) is 4.39 Å². The molecule has 0 atom stereocenters. The van der Waals surface area contributed by atoms with Crippen molar-refractivity contribution >= 4 is 71.1 Å². The Balaban J connectivity index is 0.000000170. The number of nitrogens with zero attached hydrogens (tertiary/aromatic N) is 2. The van der Waals surface area contributed by atoms with Crippen LogP contribution in [0.5, 0.6) is 0 Å². The van der Waals surface area contributed by atoms with Crippen LogP contribution in [-0.4, -0.2) is 23.2 Å². The average Bonchev–Trinajstić information content (AvgIpc) is 3.73. The van der Waals surface area contributed by atoms with Gasteiger partial charge in [-0.15, -0.1) is 23.8 Å². The number of halogens is 1. The quantitative estimate of drug-likeness (QED) is 0.127. The van der Waals surface area contributed by atoms with Crippen LogP contribution in [0.1, 0.15) is 32.2 Å². The van der Waals surface area contributed by atoms with E-state index in [2.05, 4.69) is 83.9 Å². The van der Waals surface area contributed by atoms with Gasteiger partial charge in [-0.3, -0.25) is 0 Å². The molecule has 4 aromatic heterocycles. The van der Waals surface area contributed by atoms with Crippen molar-refractivity contribution in [1.82, 2.24) is 9.97 Å². The van der Waals surface area contributed by atoms with Crippen molar-refractivity contribution in [3.8, 4) is 33.6 Å². The molecule has 0 saturated heterocycles. The Morgan fingerprint density at radius 2 is 1.44 bits per heavy atom. The minimum atomic E-state index is -1.89. The third kappa shape index (κ3) is 7.21. The second kappa shape index (κ2) is 15.4. The van der Waals surface area contributed by atoms with Gasteiger partial charge in [0.05, 0.1) is 0 Å². The van der Waals surface area contributed by atoms with E-state index in [1.54, 1.807) is 17.5 Å². The smallest absolute Gasteiger partial charge is 0.123 e. The summed E-state index contributed by atoms with van der Waals surface area (Å²) >= 11 is -0.181. The molecule has 54 heavy (non-hydrogen) atoms. The molecule has 1 radical (unpaired) electrons. The molecule has 5 aromatic carbocycles. The third-order valence-corrected chi connectivity index (χ3v) is 15.5. The van der Waals surface area contributed by atoms with Gasteiger partial charge < -0.3 is 4.98 Å². The van der Waals surface area contributed by atoms with E-state index in [9.17, 15) is 4.39 Å². The van der Waals surface area contributed by atoms with E-state index in [0.29, 0.717) is 0 Å². The van der Waals surface area contributed by atoms with Gasteiger partial charge in [0.1, 0.15) is 5.82 Å². The van der Waals surface area contributed by atoms with Gasteiger partial charge in [0, 0.05) is 32.4 Å². The summed E-state index contributed by atoms with van der Waals surface area (Å²) < 4.78 is 31.6. The molecular formula is C47H39FGeIrN2OS-2. The molecule has 0 amide bonds. The fourth-order valence-corrected chi connectivity index (χ4v) is 12.0. The SMILES string of the molecule is Cc1cc(-c2[c-]ccc3c2oc2ccccc23)nc[c]1[Ge]([CH3])([CH3])[CH3].[2H]C(C)(C)c1ccnc(-c2[c-]ccc3c2sc2c(-c4ccc(F)cc4)cccc23)c1.[Ir]. The van der Waals surface area contributed by atoms with E-state index >= 15 is 0 Å². The number of hydrogen-bond acceptors (Lipinski definition) is 4. The number of thiophene rings is 1. The summed E-state index contributed by atoms with van der Waals surface area (Å²) in [7, 11) is 0. The van der Waals surface area contributed by atoms with Crippen molar-refractivity contribution in [1.29, 1.82) is 0 Å². The predicted octanol–water partition coefficient (Wildman–Crippen LogP) is 13.1. The van der Waals surface area contributed by atoms with Crippen molar-refractivity contribution in [3.63, 3.8) is 0 Å². The molecule has 9 rings (SSSR count). The molecule has 0 aliphatic rings. The first-order valence-corrected chi connectivity index (χ1v) is 25.9. The molecule has 0 fully saturated rings. The van der Waals surface area contributed by atoms with Crippen molar-refractivity contribution in [3.05, 3.63) is 151 Å². The Bertz CT molecular complexity index is 2840. The molecule has 3 nitrogen and oxygen atoms in total. The van der Waals surface area contributed by atoms with Crippen molar-refractivity contribution in [2.24, 2.45) is 0 Å². The van der Waals surface area contributed by atoms with Crippen LogP contribution in [0.3, 0.4) is 0 Å². The van der Waals surface area contributed by atoms with Gasteiger partial charge in [-0.1, -0.05) is 61.2 Å². The molecule has 271 valence electrons. The molecular weight excluding hydrogens is 924 g/mol. The van der Waals surface area contributed by atoms with Gasteiger partial charge >= 0.3 is 145 Å². The van der Waals surface area contributed by atoms with Gasteiger partial charge in [0.25, 0.3) is 0 Å². The topological polar surface area (TPSA) is 38.9 Å². The summed E-state index contributed by atoms with van der Waals surface area (Å²) in [5.41, 5.74) is 9.77. The van der Waals surface area contributed by atoms with Crippen LogP contribution in [0.25, 0.3) is 75.8 Å². The zero-order valence-electron chi connectivity index (χ0n) is 32.0. The van der Waals surface area contributed by atoms with Gasteiger partial charge in [-0.05, 0) is 51.0 Å².